The second-order valence-electron chi connectivity index (χ2n) is 7.58. The number of likely N-dealkylation sites (tertiary alicyclic amines) is 1. The summed E-state index contributed by atoms with van der Waals surface area (Å²) in [6.07, 6.45) is 4.37. The van der Waals surface area contributed by atoms with Crippen LogP contribution in [0.3, 0.4) is 0 Å². The van der Waals surface area contributed by atoms with Gasteiger partial charge < -0.3 is 4.74 Å². The lowest BCUT2D eigenvalue weighted by molar-refractivity contribution is 0.111. The van der Waals surface area contributed by atoms with Crippen LogP contribution in [0.4, 0.5) is 0 Å². The molecule has 0 spiro atoms. The number of benzene rings is 1. The van der Waals surface area contributed by atoms with E-state index in [1.165, 1.54) is 17.5 Å². The van der Waals surface area contributed by atoms with Gasteiger partial charge in [-0.15, -0.1) is 0 Å². The average molecular weight is 368 g/mol. The third-order valence-electron chi connectivity index (χ3n) is 5.56. The molecule has 1 saturated heterocycles. The van der Waals surface area contributed by atoms with Crippen LogP contribution < -0.4 is 9.46 Å². The summed E-state index contributed by atoms with van der Waals surface area (Å²) in [5.41, 5.74) is 2.11. The van der Waals surface area contributed by atoms with E-state index >= 15 is 0 Å². The highest BCUT2D eigenvalue weighted by Crippen LogP contribution is 2.36. The van der Waals surface area contributed by atoms with Gasteiger partial charge in [-0.05, 0) is 43.1 Å². The van der Waals surface area contributed by atoms with Crippen molar-refractivity contribution in [3.8, 4) is 5.75 Å². The fourth-order valence-electron chi connectivity index (χ4n) is 4.03. The highest BCUT2D eigenvalue weighted by Gasteiger charge is 2.37. The zero-order chi connectivity index (χ0) is 18.1. The maximum atomic E-state index is 11.2. The summed E-state index contributed by atoms with van der Waals surface area (Å²) in [5, 5.41) is 0. The van der Waals surface area contributed by atoms with Crippen LogP contribution in [0.15, 0.2) is 18.2 Å². The van der Waals surface area contributed by atoms with Crippen molar-refractivity contribution in [1.29, 1.82) is 0 Å². The van der Waals surface area contributed by atoms with Crippen LogP contribution in [-0.4, -0.2) is 50.2 Å². The molecule has 2 heterocycles. The van der Waals surface area contributed by atoms with Gasteiger partial charge >= 0.3 is 10.3 Å². The van der Waals surface area contributed by atoms with Crippen LogP contribution in [0.2, 0.25) is 0 Å². The van der Waals surface area contributed by atoms with Gasteiger partial charge in [0.25, 0.3) is 0 Å². The van der Waals surface area contributed by atoms with Gasteiger partial charge in [0, 0.05) is 24.4 Å². The molecule has 2 aliphatic rings. The van der Waals surface area contributed by atoms with E-state index in [1.807, 2.05) is 6.07 Å². The van der Waals surface area contributed by atoms with Crippen molar-refractivity contribution >= 4 is 10.3 Å². The van der Waals surface area contributed by atoms with Crippen LogP contribution in [-0.2, 0) is 22.1 Å². The molecular weight excluding hydrogens is 340 g/mol. The van der Waals surface area contributed by atoms with Crippen molar-refractivity contribution < 1.29 is 17.7 Å². The van der Waals surface area contributed by atoms with E-state index in [1.54, 1.807) is 0 Å². The first kappa shape index (κ1) is 18.6. The maximum Gasteiger partial charge on any atom is 0.333 e. The van der Waals surface area contributed by atoms with Crippen molar-refractivity contribution in [1.82, 2.24) is 9.62 Å². The average Bonchev–Trinajstić information content (AvgIpc) is 3.02. The molecule has 0 aliphatic carbocycles. The zero-order valence-electron chi connectivity index (χ0n) is 15.0. The van der Waals surface area contributed by atoms with Crippen molar-refractivity contribution in [2.75, 3.05) is 26.2 Å². The minimum absolute atomic E-state index is 0.0323. The zero-order valence-corrected chi connectivity index (χ0v) is 15.8. The monoisotopic (exact) mass is 368 g/mol. The van der Waals surface area contributed by atoms with Crippen LogP contribution in [0.1, 0.15) is 44.2 Å². The normalized spacial score (nSPS) is 20.1. The number of hydrogen-bond donors (Lipinski definition) is 2. The first-order valence-corrected chi connectivity index (χ1v) is 10.4. The molecular formula is C18H28N2O4S. The summed E-state index contributed by atoms with van der Waals surface area (Å²) in [6.45, 7) is 7.12. The summed E-state index contributed by atoms with van der Waals surface area (Å²) < 4.78 is 39.6. The van der Waals surface area contributed by atoms with E-state index in [2.05, 4.69) is 35.6 Å². The molecule has 1 aromatic carbocycles. The van der Waals surface area contributed by atoms with Gasteiger partial charge in [0.1, 0.15) is 5.75 Å². The smallest absolute Gasteiger partial charge is 0.333 e. The third-order valence-corrected chi connectivity index (χ3v) is 6.09. The lowest BCUT2D eigenvalue weighted by Gasteiger charge is -2.44. The second-order valence-corrected chi connectivity index (χ2v) is 8.82. The van der Waals surface area contributed by atoms with Gasteiger partial charge in [-0.1, -0.05) is 32.4 Å². The van der Waals surface area contributed by atoms with Gasteiger partial charge in [-0.3, -0.25) is 9.45 Å². The van der Waals surface area contributed by atoms with Crippen molar-refractivity contribution in [3.05, 3.63) is 29.3 Å². The standard InChI is InChI=1S/C18H28N2O4S/c1-18(2,15-6-7-16-14(12-15)8-11-24-16)17(13-19-25(21,22)23)20-9-4-3-5-10-20/h6-7,12,17,19H,3-5,8-11,13H2,1-2H3,(H,21,22,23). The van der Waals surface area contributed by atoms with Gasteiger partial charge in [0.05, 0.1) is 6.61 Å². The van der Waals surface area contributed by atoms with Crippen molar-refractivity contribution in [2.45, 2.75) is 51.0 Å². The fourth-order valence-corrected chi connectivity index (χ4v) is 4.40. The quantitative estimate of drug-likeness (QED) is 0.752. The molecule has 2 aliphatic heterocycles. The number of hydrogen-bond acceptors (Lipinski definition) is 4. The molecule has 1 atom stereocenters. The second kappa shape index (κ2) is 7.23. The molecule has 3 rings (SSSR count). The van der Waals surface area contributed by atoms with E-state index in [-0.39, 0.29) is 18.0 Å². The van der Waals surface area contributed by atoms with Crippen molar-refractivity contribution in [2.24, 2.45) is 0 Å². The molecule has 6 nitrogen and oxygen atoms in total. The Balaban J connectivity index is 1.88. The van der Waals surface area contributed by atoms with E-state index in [9.17, 15) is 8.42 Å². The molecule has 1 aromatic rings. The minimum atomic E-state index is -4.21. The number of rotatable bonds is 6. The largest absolute Gasteiger partial charge is 0.493 e. The molecule has 7 heteroatoms. The molecule has 0 aromatic heterocycles. The fraction of sp³-hybridized carbons (Fsp3) is 0.667. The summed E-state index contributed by atoms with van der Waals surface area (Å²) in [5.74, 6) is 0.949. The molecule has 0 radical (unpaired) electrons. The Hall–Kier alpha value is -1.15. The Labute approximate surface area is 150 Å². The molecule has 2 N–H and O–H groups in total. The number of ether oxygens (including phenoxy) is 1. The minimum Gasteiger partial charge on any atom is -0.493 e. The first-order chi connectivity index (χ1) is 11.8. The molecule has 1 unspecified atom stereocenters. The molecule has 1 fully saturated rings. The number of nitrogens with one attached hydrogen (secondary N) is 1. The Kier molecular flexibility index (Phi) is 5.39. The van der Waals surface area contributed by atoms with E-state index in [0.717, 1.165) is 44.7 Å². The van der Waals surface area contributed by atoms with Crippen LogP contribution in [0, 0.1) is 0 Å². The van der Waals surface area contributed by atoms with Gasteiger partial charge in [-0.25, -0.2) is 0 Å². The Morgan fingerprint density at radius 3 is 2.68 bits per heavy atom. The summed E-state index contributed by atoms with van der Waals surface area (Å²) in [6, 6.07) is 6.25. The molecule has 0 saturated carbocycles. The highest BCUT2D eigenvalue weighted by atomic mass is 32.2. The molecule has 0 bridgehead atoms. The van der Waals surface area contributed by atoms with E-state index in [0.29, 0.717) is 0 Å². The summed E-state index contributed by atoms with van der Waals surface area (Å²) in [4.78, 5) is 2.35. The maximum absolute atomic E-state index is 11.2. The number of nitrogens with zero attached hydrogens (tertiary/aromatic N) is 1. The Morgan fingerprint density at radius 1 is 1.28 bits per heavy atom. The third kappa shape index (κ3) is 4.34. The number of piperidine rings is 1. The predicted molar refractivity (Wildman–Crippen MR) is 97.4 cm³/mol. The molecule has 25 heavy (non-hydrogen) atoms. The van der Waals surface area contributed by atoms with Gasteiger partial charge in [0.2, 0.25) is 0 Å². The summed E-state index contributed by atoms with van der Waals surface area (Å²) in [7, 11) is -4.21. The Morgan fingerprint density at radius 2 is 2.00 bits per heavy atom. The van der Waals surface area contributed by atoms with Crippen LogP contribution >= 0.6 is 0 Å². The SMILES string of the molecule is CC(C)(c1ccc2c(c1)CCO2)C(CNS(=O)(=O)O)N1CCCCC1. The lowest BCUT2D eigenvalue weighted by atomic mass is 9.76. The lowest BCUT2D eigenvalue weighted by Crippen LogP contribution is -2.55. The van der Waals surface area contributed by atoms with E-state index in [4.69, 9.17) is 9.29 Å². The highest BCUT2D eigenvalue weighted by molar-refractivity contribution is 7.83. The molecule has 140 valence electrons. The van der Waals surface area contributed by atoms with Crippen molar-refractivity contribution in [3.63, 3.8) is 0 Å². The topological polar surface area (TPSA) is 78.9 Å². The van der Waals surface area contributed by atoms with Crippen LogP contribution in [0.25, 0.3) is 0 Å². The summed E-state index contributed by atoms with van der Waals surface area (Å²) >= 11 is 0. The van der Waals surface area contributed by atoms with Gasteiger partial charge in [-0.2, -0.15) is 13.1 Å². The predicted octanol–water partition coefficient (Wildman–Crippen LogP) is 2.15. The Bertz CT molecular complexity index is 712. The van der Waals surface area contributed by atoms with E-state index < -0.39 is 10.3 Å². The van der Waals surface area contributed by atoms with Gasteiger partial charge in [0.15, 0.2) is 0 Å². The van der Waals surface area contributed by atoms with Crippen LogP contribution in [0.5, 0.6) is 5.75 Å². The number of fused-ring (bicyclic) bond motifs is 1. The first-order valence-electron chi connectivity index (χ1n) is 9.00. The molecule has 0 amide bonds.